The largest absolute Gasteiger partial charge is 0.456 e. The van der Waals surface area contributed by atoms with Gasteiger partial charge in [-0.25, -0.2) is 15.0 Å². The first-order valence-corrected chi connectivity index (χ1v) is 18.0. The van der Waals surface area contributed by atoms with Gasteiger partial charge in [0.2, 0.25) is 0 Å². The van der Waals surface area contributed by atoms with Gasteiger partial charge in [-0.2, -0.15) is 0 Å². The summed E-state index contributed by atoms with van der Waals surface area (Å²) in [7, 11) is 0. The van der Waals surface area contributed by atoms with Crippen LogP contribution in [0.1, 0.15) is 0 Å². The highest BCUT2D eigenvalue weighted by atomic mass is 16.3. The molecule has 0 N–H and O–H groups in total. The average Bonchev–Trinajstić information content (AvgIpc) is 3.83. The van der Waals surface area contributed by atoms with Crippen LogP contribution < -0.4 is 0 Å². The lowest BCUT2D eigenvalue weighted by molar-refractivity contribution is 0.668. The minimum Gasteiger partial charge on any atom is -0.456 e. The Hall–Kier alpha value is -7.37. The van der Waals surface area contributed by atoms with Crippen molar-refractivity contribution in [2.24, 2.45) is 0 Å². The molecule has 54 heavy (non-hydrogen) atoms. The predicted molar refractivity (Wildman–Crippen MR) is 219 cm³/mol. The van der Waals surface area contributed by atoms with E-state index in [1.165, 1.54) is 0 Å². The van der Waals surface area contributed by atoms with Crippen molar-refractivity contribution in [3.8, 4) is 56.4 Å². The second-order valence-electron chi connectivity index (χ2n) is 13.6. The molecule has 0 amide bonds. The van der Waals surface area contributed by atoms with Crippen LogP contribution in [0.3, 0.4) is 0 Å². The quantitative estimate of drug-likeness (QED) is 0.180. The maximum Gasteiger partial charge on any atom is 0.164 e. The summed E-state index contributed by atoms with van der Waals surface area (Å²) in [5.41, 5.74) is 10.7. The van der Waals surface area contributed by atoms with Gasteiger partial charge in [-0.15, -0.1) is 0 Å². The van der Waals surface area contributed by atoms with E-state index in [9.17, 15) is 0 Å². The molecule has 0 bridgehead atoms. The molecule has 0 aliphatic heterocycles. The Morgan fingerprint density at radius 3 is 1.57 bits per heavy atom. The van der Waals surface area contributed by atoms with Crippen molar-refractivity contribution in [1.82, 2.24) is 15.0 Å². The van der Waals surface area contributed by atoms with Gasteiger partial charge < -0.3 is 8.83 Å². The van der Waals surface area contributed by atoms with Crippen molar-refractivity contribution in [3.63, 3.8) is 0 Å². The van der Waals surface area contributed by atoms with Crippen LogP contribution in [-0.2, 0) is 0 Å². The molecular formula is C49H29N3O2. The van der Waals surface area contributed by atoms with Crippen LogP contribution in [0.25, 0.3) is 111 Å². The molecule has 3 aromatic heterocycles. The number of rotatable bonds is 5. The average molecular weight is 692 g/mol. The second-order valence-corrected chi connectivity index (χ2v) is 13.6. The Labute approximate surface area is 309 Å². The molecule has 0 aliphatic rings. The molecule has 0 radical (unpaired) electrons. The van der Waals surface area contributed by atoms with Crippen molar-refractivity contribution in [3.05, 3.63) is 176 Å². The maximum absolute atomic E-state index is 6.23. The van der Waals surface area contributed by atoms with E-state index in [2.05, 4.69) is 133 Å². The SMILES string of the molecule is c1ccc(-c2ccc(-c3nc(-c4cccc(-c5cccc6oc7ccccc7c56)c4)nc(-c4ccc5c(ccc6oc7ccccc7c65)c4)n3)cc2)cc1. The molecule has 0 aliphatic carbocycles. The van der Waals surface area contributed by atoms with E-state index in [-0.39, 0.29) is 0 Å². The molecule has 252 valence electrons. The van der Waals surface area contributed by atoms with Gasteiger partial charge in [-0.3, -0.25) is 0 Å². The Balaban J connectivity index is 1.07. The monoisotopic (exact) mass is 691 g/mol. The van der Waals surface area contributed by atoms with Crippen LogP contribution in [0.15, 0.2) is 185 Å². The first-order chi connectivity index (χ1) is 26.7. The summed E-state index contributed by atoms with van der Waals surface area (Å²) in [4.78, 5) is 15.4. The standard InChI is InChI=1S/C49H29N3O2/c1-2-10-30(11-3-1)31-20-22-32(23-21-31)47-50-48(35-13-8-12-33(28-35)37-16-9-19-43-45(37)39-14-4-6-17-41(39)53-43)52-49(51-47)36-24-26-38-34(29-36)25-27-44-46(38)40-15-5-7-18-42(40)54-44/h1-29H. The first-order valence-electron chi connectivity index (χ1n) is 18.0. The Bertz CT molecular complexity index is 3210. The highest BCUT2D eigenvalue weighted by Gasteiger charge is 2.17. The maximum atomic E-state index is 6.23. The van der Waals surface area contributed by atoms with Crippen molar-refractivity contribution < 1.29 is 8.83 Å². The molecule has 8 aromatic carbocycles. The Morgan fingerprint density at radius 2 is 0.815 bits per heavy atom. The van der Waals surface area contributed by atoms with Gasteiger partial charge in [0, 0.05) is 38.2 Å². The minimum absolute atomic E-state index is 0.601. The Kier molecular flexibility index (Phi) is 6.79. The van der Waals surface area contributed by atoms with Crippen LogP contribution in [0.4, 0.5) is 0 Å². The first kappa shape index (κ1) is 30.3. The van der Waals surface area contributed by atoms with E-state index in [4.69, 9.17) is 23.8 Å². The fourth-order valence-corrected chi connectivity index (χ4v) is 7.74. The van der Waals surface area contributed by atoms with E-state index in [0.29, 0.717) is 17.5 Å². The number of fused-ring (bicyclic) bond motifs is 8. The smallest absolute Gasteiger partial charge is 0.164 e. The van der Waals surface area contributed by atoms with Gasteiger partial charge in [-0.05, 0) is 69.4 Å². The summed E-state index contributed by atoms with van der Waals surface area (Å²) in [6.07, 6.45) is 0. The molecule has 0 fully saturated rings. The topological polar surface area (TPSA) is 65.0 Å². The second kappa shape index (κ2) is 12.1. The molecule has 0 spiro atoms. The molecule has 0 saturated carbocycles. The summed E-state index contributed by atoms with van der Waals surface area (Å²) in [6, 6.07) is 60.4. The van der Waals surface area contributed by atoms with Gasteiger partial charge >= 0.3 is 0 Å². The van der Waals surface area contributed by atoms with Crippen LogP contribution in [0.5, 0.6) is 0 Å². The Morgan fingerprint density at radius 1 is 0.296 bits per heavy atom. The number of para-hydroxylation sites is 2. The van der Waals surface area contributed by atoms with E-state index in [0.717, 1.165) is 93.6 Å². The van der Waals surface area contributed by atoms with Crippen LogP contribution in [-0.4, -0.2) is 15.0 Å². The van der Waals surface area contributed by atoms with E-state index >= 15 is 0 Å². The molecule has 3 heterocycles. The van der Waals surface area contributed by atoms with Crippen LogP contribution in [0.2, 0.25) is 0 Å². The molecule has 0 unspecified atom stereocenters. The zero-order chi connectivity index (χ0) is 35.6. The molecule has 5 nitrogen and oxygen atoms in total. The third-order valence-electron chi connectivity index (χ3n) is 10.3. The van der Waals surface area contributed by atoms with Gasteiger partial charge in [0.05, 0.1) is 0 Å². The lowest BCUT2D eigenvalue weighted by atomic mass is 9.97. The fourth-order valence-electron chi connectivity index (χ4n) is 7.74. The highest BCUT2D eigenvalue weighted by Crippen LogP contribution is 2.39. The normalized spacial score (nSPS) is 11.7. The predicted octanol–water partition coefficient (Wildman–Crippen LogP) is 13.2. The third-order valence-corrected chi connectivity index (χ3v) is 10.3. The van der Waals surface area contributed by atoms with E-state index in [1.807, 2.05) is 42.5 Å². The van der Waals surface area contributed by atoms with E-state index < -0.39 is 0 Å². The van der Waals surface area contributed by atoms with Crippen molar-refractivity contribution in [2.45, 2.75) is 0 Å². The van der Waals surface area contributed by atoms with Gasteiger partial charge in [-0.1, -0.05) is 140 Å². The zero-order valence-electron chi connectivity index (χ0n) is 28.9. The van der Waals surface area contributed by atoms with Crippen LogP contribution in [0, 0.1) is 0 Å². The zero-order valence-corrected chi connectivity index (χ0v) is 28.9. The lowest BCUT2D eigenvalue weighted by Crippen LogP contribution is -2.00. The third kappa shape index (κ3) is 4.98. The molecule has 11 aromatic rings. The summed E-state index contributed by atoms with van der Waals surface area (Å²) in [5.74, 6) is 1.82. The summed E-state index contributed by atoms with van der Waals surface area (Å²) in [5, 5.41) is 6.62. The minimum atomic E-state index is 0.601. The van der Waals surface area contributed by atoms with Crippen molar-refractivity contribution >= 4 is 54.6 Å². The highest BCUT2D eigenvalue weighted by molar-refractivity contribution is 6.19. The van der Waals surface area contributed by atoms with Gasteiger partial charge in [0.25, 0.3) is 0 Å². The fraction of sp³-hybridized carbons (Fsp3) is 0. The number of hydrogen-bond acceptors (Lipinski definition) is 5. The summed E-state index contributed by atoms with van der Waals surface area (Å²) >= 11 is 0. The number of benzene rings is 8. The molecule has 0 atom stereocenters. The molecule has 11 rings (SSSR count). The molecular weight excluding hydrogens is 663 g/mol. The lowest BCUT2D eigenvalue weighted by Gasteiger charge is -2.11. The van der Waals surface area contributed by atoms with E-state index in [1.54, 1.807) is 0 Å². The van der Waals surface area contributed by atoms with Crippen molar-refractivity contribution in [2.75, 3.05) is 0 Å². The summed E-state index contributed by atoms with van der Waals surface area (Å²) in [6.45, 7) is 0. The molecule has 0 saturated heterocycles. The number of aromatic nitrogens is 3. The summed E-state index contributed by atoms with van der Waals surface area (Å²) < 4.78 is 12.4. The number of furan rings is 2. The van der Waals surface area contributed by atoms with Crippen LogP contribution >= 0.6 is 0 Å². The molecule has 5 heteroatoms. The van der Waals surface area contributed by atoms with Gasteiger partial charge in [0.15, 0.2) is 17.5 Å². The van der Waals surface area contributed by atoms with Crippen molar-refractivity contribution in [1.29, 1.82) is 0 Å². The van der Waals surface area contributed by atoms with Gasteiger partial charge in [0.1, 0.15) is 22.3 Å². The number of hydrogen-bond donors (Lipinski definition) is 0. The number of nitrogens with zero attached hydrogens (tertiary/aromatic N) is 3.